The summed E-state index contributed by atoms with van der Waals surface area (Å²) in [6, 6.07) is 11.4. The second kappa shape index (κ2) is 6.09. The van der Waals surface area contributed by atoms with Crippen molar-refractivity contribution in [1.82, 2.24) is 4.98 Å². The van der Waals surface area contributed by atoms with Gasteiger partial charge in [-0.1, -0.05) is 0 Å². The number of aromatic amines is 1. The van der Waals surface area contributed by atoms with Crippen LogP contribution >= 0.6 is 0 Å². The van der Waals surface area contributed by atoms with Crippen LogP contribution in [0.25, 0.3) is 10.9 Å². The Morgan fingerprint density at radius 2 is 1.81 bits per heavy atom. The highest BCUT2D eigenvalue weighted by atomic mass is 16.6. The minimum absolute atomic E-state index is 0.116. The van der Waals surface area contributed by atoms with Crippen LogP contribution in [0.1, 0.15) is 34.5 Å². The van der Waals surface area contributed by atoms with Gasteiger partial charge >= 0.3 is 0 Å². The molecule has 0 radical (unpaired) electrons. The Balaban J connectivity index is 1.43. The zero-order valence-corrected chi connectivity index (χ0v) is 14.4. The maximum atomic E-state index is 12.7. The topological polar surface area (TPSA) is 63.4 Å². The molecule has 0 fully saturated rings. The normalized spacial score (nSPS) is 15.5. The van der Waals surface area contributed by atoms with E-state index < -0.39 is 0 Å². The molecule has 132 valence electrons. The minimum Gasteiger partial charge on any atom is -0.486 e. The van der Waals surface area contributed by atoms with E-state index in [4.69, 9.17) is 9.47 Å². The Labute approximate surface area is 151 Å². The molecule has 3 aromatic rings. The molecule has 2 heterocycles. The fraction of sp³-hybridized carbons (Fsp3) is 0.286. The Morgan fingerprint density at radius 1 is 0.962 bits per heavy atom. The Kier molecular flexibility index (Phi) is 3.59. The summed E-state index contributed by atoms with van der Waals surface area (Å²) >= 11 is 0. The van der Waals surface area contributed by atoms with Crippen molar-refractivity contribution in [3.8, 4) is 11.5 Å². The van der Waals surface area contributed by atoms with Crippen LogP contribution in [0.3, 0.4) is 0 Å². The third-order valence-corrected chi connectivity index (χ3v) is 5.16. The van der Waals surface area contributed by atoms with Crippen LogP contribution in [0, 0.1) is 0 Å². The molecule has 26 heavy (non-hydrogen) atoms. The molecule has 0 saturated heterocycles. The van der Waals surface area contributed by atoms with Crippen molar-refractivity contribution in [1.29, 1.82) is 0 Å². The Hall–Kier alpha value is -2.95. The molecule has 0 spiro atoms. The highest BCUT2D eigenvalue weighted by molar-refractivity contribution is 6.06. The van der Waals surface area contributed by atoms with Crippen LogP contribution in [-0.4, -0.2) is 24.1 Å². The molecule has 1 aromatic heterocycles. The van der Waals surface area contributed by atoms with Crippen LogP contribution in [0.5, 0.6) is 11.5 Å². The van der Waals surface area contributed by atoms with Crippen molar-refractivity contribution in [3.05, 3.63) is 53.2 Å². The number of H-pyrrole nitrogens is 1. The predicted octanol–water partition coefficient (Wildman–Crippen LogP) is 4.07. The van der Waals surface area contributed by atoms with E-state index in [1.807, 2.05) is 36.4 Å². The SMILES string of the molecule is O=C(Nc1ccc2c(c1)OCCO2)c1ccc2[nH]c3c(c2c1)CCCC3. The number of hydrogen-bond donors (Lipinski definition) is 2. The summed E-state index contributed by atoms with van der Waals surface area (Å²) in [5.41, 5.74) is 5.19. The summed E-state index contributed by atoms with van der Waals surface area (Å²) in [4.78, 5) is 16.2. The highest BCUT2D eigenvalue weighted by Crippen LogP contribution is 2.33. The number of hydrogen-bond acceptors (Lipinski definition) is 3. The second-order valence-corrected chi connectivity index (χ2v) is 6.86. The summed E-state index contributed by atoms with van der Waals surface area (Å²) in [7, 11) is 0. The van der Waals surface area contributed by atoms with Gasteiger partial charge in [0.2, 0.25) is 0 Å². The van der Waals surface area contributed by atoms with Gasteiger partial charge in [-0.25, -0.2) is 0 Å². The number of benzene rings is 2. The van der Waals surface area contributed by atoms with E-state index in [1.165, 1.54) is 29.5 Å². The van der Waals surface area contributed by atoms with Crippen LogP contribution in [0.15, 0.2) is 36.4 Å². The van der Waals surface area contributed by atoms with Crippen LogP contribution in [0.2, 0.25) is 0 Å². The summed E-state index contributed by atoms with van der Waals surface area (Å²) in [5.74, 6) is 1.27. The molecule has 1 amide bonds. The molecule has 2 aliphatic rings. The first-order valence-corrected chi connectivity index (χ1v) is 9.12. The fourth-order valence-electron chi connectivity index (χ4n) is 3.87. The Morgan fingerprint density at radius 3 is 2.73 bits per heavy atom. The molecule has 0 bridgehead atoms. The molecule has 1 aliphatic carbocycles. The summed E-state index contributed by atoms with van der Waals surface area (Å²) < 4.78 is 11.1. The monoisotopic (exact) mass is 348 g/mol. The first-order chi connectivity index (χ1) is 12.8. The predicted molar refractivity (Wildman–Crippen MR) is 100 cm³/mol. The van der Waals surface area contributed by atoms with Gasteiger partial charge in [0.05, 0.1) is 0 Å². The standard InChI is InChI=1S/C21H20N2O3/c24-21(22-14-6-8-19-20(12-14)26-10-9-25-19)13-5-7-18-16(11-13)15-3-1-2-4-17(15)23-18/h5-8,11-12,23H,1-4,9-10H2,(H,22,24). The number of anilines is 1. The zero-order valence-electron chi connectivity index (χ0n) is 14.4. The summed E-state index contributed by atoms with van der Waals surface area (Å²) in [6.45, 7) is 1.08. The average molecular weight is 348 g/mol. The first kappa shape index (κ1) is 15.3. The highest BCUT2D eigenvalue weighted by Gasteiger charge is 2.17. The van der Waals surface area contributed by atoms with Crippen LogP contribution in [-0.2, 0) is 12.8 Å². The summed E-state index contributed by atoms with van der Waals surface area (Å²) in [6.07, 6.45) is 4.64. The molecule has 2 aromatic carbocycles. The van der Waals surface area contributed by atoms with Crippen molar-refractivity contribution in [2.75, 3.05) is 18.5 Å². The van der Waals surface area contributed by atoms with Gasteiger partial charge in [-0.15, -0.1) is 0 Å². The van der Waals surface area contributed by atoms with Gasteiger partial charge in [0, 0.05) is 33.9 Å². The molecule has 5 heteroatoms. The number of carbonyl (C=O) groups excluding carboxylic acids is 1. The first-order valence-electron chi connectivity index (χ1n) is 9.12. The van der Waals surface area contributed by atoms with Gasteiger partial charge in [-0.3, -0.25) is 4.79 Å². The molecule has 5 rings (SSSR count). The maximum Gasteiger partial charge on any atom is 0.255 e. The van der Waals surface area contributed by atoms with Crippen molar-refractivity contribution in [2.45, 2.75) is 25.7 Å². The van der Waals surface area contributed by atoms with Crippen LogP contribution < -0.4 is 14.8 Å². The third kappa shape index (κ3) is 2.60. The van der Waals surface area contributed by atoms with Gasteiger partial charge < -0.3 is 19.8 Å². The smallest absolute Gasteiger partial charge is 0.255 e. The van der Waals surface area contributed by atoms with Crippen molar-refractivity contribution in [3.63, 3.8) is 0 Å². The number of aryl methyl sites for hydroxylation is 2. The summed E-state index contributed by atoms with van der Waals surface area (Å²) in [5, 5.41) is 4.14. The lowest BCUT2D eigenvalue weighted by Gasteiger charge is -2.19. The number of carbonyl (C=O) groups is 1. The van der Waals surface area contributed by atoms with E-state index in [0.717, 1.165) is 24.1 Å². The number of amides is 1. The lowest BCUT2D eigenvalue weighted by atomic mass is 9.95. The molecule has 0 saturated carbocycles. The maximum absolute atomic E-state index is 12.7. The van der Waals surface area contributed by atoms with E-state index in [9.17, 15) is 4.79 Å². The molecule has 0 unspecified atom stereocenters. The van der Waals surface area contributed by atoms with E-state index in [2.05, 4.69) is 10.3 Å². The number of aromatic nitrogens is 1. The van der Waals surface area contributed by atoms with Crippen LogP contribution in [0.4, 0.5) is 5.69 Å². The Bertz CT molecular complexity index is 1010. The lowest BCUT2D eigenvalue weighted by molar-refractivity contribution is 0.102. The largest absolute Gasteiger partial charge is 0.486 e. The van der Waals surface area contributed by atoms with Gasteiger partial charge in [-0.2, -0.15) is 0 Å². The number of ether oxygens (including phenoxy) is 2. The number of nitrogens with one attached hydrogen (secondary N) is 2. The van der Waals surface area contributed by atoms with Gasteiger partial charge in [0.1, 0.15) is 13.2 Å². The molecule has 2 N–H and O–H groups in total. The van der Waals surface area contributed by atoms with E-state index in [0.29, 0.717) is 30.2 Å². The molecule has 1 aliphatic heterocycles. The minimum atomic E-state index is -0.116. The van der Waals surface area contributed by atoms with Crippen molar-refractivity contribution >= 4 is 22.5 Å². The molecule has 0 atom stereocenters. The third-order valence-electron chi connectivity index (χ3n) is 5.16. The van der Waals surface area contributed by atoms with E-state index in [1.54, 1.807) is 0 Å². The fourth-order valence-corrected chi connectivity index (χ4v) is 3.87. The van der Waals surface area contributed by atoms with E-state index >= 15 is 0 Å². The molecule has 5 nitrogen and oxygen atoms in total. The average Bonchev–Trinajstić information content (AvgIpc) is 3.06. The second-order valence-electron chi connectivity index (χ2n) is 6.86. The lowest BCUT2D eigenvalue weighted by Crippen LogP contribution is -2.16. The quantitative estimate of drug-likeness (QED) is 0.734. The van der Waals surface area contributed by atoms with Gasteiger partial charge in [0.25, 0.3) is 5.91 Å². The van der Waals surface area contributed by atoms with Crippen molar-refractivity contribution < 1.29 is 14.3 Å². The van der Waals surface area contributed by atoms with Gasteiger partial charge in [-0.05, 0) is 61.6 Å². The van der Waals surface area contributed by atoms with E-state index in [-0.39, 0.29) is 5.91 Å². The van der Waals surface area contributed by atoms with Gasteiger partial charge in [0.15, 0.2) is 11.5 Å². The van der Waals surface area contributed by atoms with Crippen molar-refractivity contribution in [2.24, 2.45) is 0 Å². The number of fused-ring (bicyclic) bond motifs is 4. The molecular weight excluding hydrogens is 328 g/mol. The zero-order chi connectivity index (χ0) is 17.5. The molecular formula is C21H20N2O3. The number of rotatable bonds is 2.